The molecule has 1 aromatic heterocycles. The Morgan fingerprint density at radius 1 is 1.08 bits per heavy atom. The van der Waals surface area contributed by atoms with Crippen molar-refractivity contribution in [3.8, 4) is 0 Å². The van der Waals surface area contributed by atoms with E-state index in [1.165, 1.54) is 6.20 Å². The molecule has 0 aliphatic heterocycles. The summed E-state index contributed by atoms with van der Waals surface area (Å²) in [6.07, 6.45) is 1.20. The van der Waals surface area contributed by atoms with Crippen molar-refractivity contribution in [1.29, 1.82) is 0 Å². The first-order chi connectivity index (χ1) is 5.71. The van der Waals surface area contributed by atoms with Gasteiger partial charge < -0.3 is 0 Å². The van der Waals surface area contributed by atoms with Crippen LogP contribution in [0.25, 0.3) is 0 Å². The van der Waals surface area contributed by atoms with Gasteiger partial charge >= 0.3 is 3.92 Å². The summed E-state index contributed by atoms with van der Waals surface area (Å²) in [6, 6.07) is 0. The van der Waals surface area contributed by atoms with Crippen LogP contribution in [0, 0.1) is 0 Å². The van der Waals surface area contributed by atoms with Crippen LogP contribution in [0.4, 0.5) is 0 Å². The molecule has 0 saturated carbocycles. The second-order valence-corrected chi connectivity index (χ2v) is 6.49. The number of halogens is 6. The van der Waals surface area contributed by atoms with Crippen LogP contribution < -0.4 is 0 Å². The molecular weight excluding hydrogens is 303 g/mol. The van der Waals surface area contributed by atoms with E-state index in [0.29, 0.717) is 0 Å². The highest BCUT2D eigenvalue weighted by Gasteiger charge is 2.31. The van der Waals surface area contributed by atoms with Crippen LogP contribution in [0.15, 0.2) is 6.20 Å². The predicted octanol–water partition coefficient (Wildman–Crippen LogP) is 3.39. The molecule has 0 aromatic carbocycles. The number of hydrogen-bond donors (Lipinski definition) is 0. The fourth-order valence-corrected chi connectivity index (χ4v) is 1.02. The summed E-state index contributed by atoms with van der Waals surface area (Å²) in [4.78, 5) is 0.814. The van der Waals surface area contributed by atoms with Gasteiger partial charge in [0.05, 0.1) is 6.20 Å². The van der Waals surface area contributed by atoms with Crippen molar-refractivity contribution in [3.63, 3.8) is 0 Å². The van der Waals surface area contributed by atoms with E-state index < -0.39 is 7.71 Å². The van der Waals surface area contributed by atoms with E-state index in [4.69, 9.17) is 69.6 Å². The normalized spacial score (nSPS) is 13.4. The largest absolute Gasteiger partial charge is 0.303 e. The maximum atomic E-state index is 5.51. The first kappa shape index (κ1) is 12.0. The maximum absolute atomic E-state index is 5.51. The lowest BCUT2D eigenvalue weighted by Crippen LogP contribution is -2.17. The van der Waals surface area contributed by atoms with Gasteiger partial charge in [0.25, 0.3) is 0 Å². The number of hydrogen-bond acceptors (Lipinski definition) is 2. The van der Waals surface area contributed by atoms with Crippen LogP contribution in [-0.4, -0.2) is 15.0 Å². The zero-order valence-corrected chi connectivity index (χ0v) is 10.2. The van der Waals surface area contributed by atoms with Crippen LogP contribution in [0.3, 0.4) is 0 Å². The van der Waals surface area contributed by atoms with Gasteiger partial charge in [0, 0.05) is 0 Å². The minimum absolute atomic E-state index is 0.0869. The summed E-state index contributed by atoms with van der Waals surface area (Å²) in [6.45, 7) is 0. The Morgan fingerprint density at radius 2 is 1.62 bits per heavy atom. The number of nitrogens with zero attached hydrogens (tertiary/aromatic N) is 3. The summed E-state index contributed by atoms with van der Waals surface area (Å²) in [5.74, 6) is 0. The Hall–Kier alpha value is 0.880. The molecule has 1 heterocycles. The van der Waals surface area contributed by atoms with Crippen LogP contribution >= 0.6 is 69.6 Å². The summed E-state index contributed by atoms with van der Waals surface area (Å²) in [5, 5.41) is 7.28. The molecule has 0 amide bonds. The van der Waals surface area contributed by atoms with E-state index in [0.717, 1.165) is 4.80 Å². The minimum atomic E-state index is -1.78. The molecule has 0 spiro atoms. The molecule has 3 nitrogen and oxygen atoms in total. The first-order valence-corrected chi connectivity index (χ1v) is 5.05. The van der Waals surface area contributed by atoms with Crippen molar-refractivity contribution in [2.75, 3.05) is 0 Å². The second kappa shape index (κ2) is 3.80. The van der Waals surface area contributed by atoms with Crippen molar-refractivity contribution < 1.29 is 0 Å². The summed E-state index contributed by atoms with van der Waals surface area (Å²) in [7, 11) is 0. The molecule has 1 rings (SSSR count). The summed E-state index contributed by atoms with van der Waals surface area (Å²) in [5.41, 5.74) is 0.0869. The molecule has 0 atom stereocenters. The van der Waals surface area contributed by atoms with Crippen LogP contribution in [0.5, 0.6) is 0 Å². The van der Waals surface area contributed by atoms with Gasteiger partial charge in [0.15, 0.2) is 0 Å². The van der Waals surface area contributed by atoms with Crippen molar-refractivity contribution in [2.45, 2.75) is 7.71 Å². The fraction of sp³-hybridized carbons (Fsp3) is 0.500. The van der Waals surface area contributed by atoms with Gasteiger partial charge in [-0.3, -0.25) is 0 Å². The van der Waals surface area contributed by atoms with Crippen LogP contribution in [-0.2, 0) is 7.71 Å². The first-order valence-electron chi connectivity index (χ1n) is 2.78. The van der Waals surface area contributed by atoms with E-state index in [1.54, 1.807) is 0 Å². The van der Waals surface area contributed by atoms with Gasteiger partial charge in [-0.25, -0.2) is 0 Å². The van der Waals surface area contributed by atoms with Crippen molar-refractivity contribution in [1.82, 2.24) is 15.0 Å². The summed E-state index contributed by atoms with van der Waals surface area (Å²) >= 11 is 32.9. The van der Waals surface area contributed by atoms with Crippen molar-refractivity contribution >= 4 is 69.6 Å². The monoisotopic (exact) mass is 301 g/mol. The van der Waals surface area contributed by atoms with E-state index in [-0.39, 0.29) is 5.69 Å². The molecule has 13 heavy (non-hydrogen) atoms. The molecule has 0 fully saturated rings. The smallest absolute Gasteiger partial charge is 0.157 e. The third-order valence-electron chi connectivity index (χ3n) is 1.01. The Bertz CT molecular complexity index is 267. The lowest BCUT2D eigenvalue weighted by molar-refractivity contribution is 0.572. The molecule has 9 heteroatoms. The van der Waals surface area contributed by atoms with E-state index in [9.17, 15) is 0 Å². The molecule has 0 saturated heterocycles. The molecule has 0 unspecified atom stereocenters. The summed E-state index contributed by atoms with van der Waals surface area (Å²) < 4.78 is -3.46. The highest BCUT2D eigenvalue weighted by molar-refractivity contribution is 6.66. The molecule has 0 bridgehead atoms. The molecular formula is C4HCl6N3. The van der Waals surface area contributed by atoms with Gasteiger partial charge in [-0.05, 0) is 0 Å². The predicted molar refractivity (Wildman–Crippen MR) is 54.8 cm³/mol. The highest BCUT2D eigenvalue weighted by Crippen LogP contribution is 2.38. The van der Waals surface area contributed by atoms with Gasteiger partial charge in [-0.2, -0.15) is 5.10 Å². The third kappa shape index (κ3) is 3.18. The van der Waals surface area contributed by atoms with Gasteiger partial charge in [0.1, 0.15) is 5.69 Å². The quantitative estimate of drug-likeness (QED) is 0.688. The third-order valence-corrected chi connectivity index (χ3v) is 2.04. The SMILES string of the molecule is ClC(Cl)(Cl)c1cnn(C(Cl)(Cl)Cl)n1. The Kier molecular flexibility index (Phi) is 3.49. The number of rotatable bonds is 0. The Morgan fingerprint density at radius 3 is 1.85 bits per heavy atom. The number of aromatic nitrogens is 3. The molecule has 0 aliphatic rings. The van der Waals surface area contributed by atoms with Crippen LogP contribution in [0.1, 0.15) is 5.69 Å². The van der Waals surface area contributed by atoms with Crippen LogP contribution in [0.2, 0.25) is 0 Å². The fourth-order valence-electron chi connectivity index (χ4n) is 0.515. The molecule has 1 aromatic rings. The average molecular weight is 304 g/mol. The zero-order valence-electron chi connectivity index (χ0n) is 5.69. The Balaban J connectivity index is 3.01. The van der Waals surface area contributed by atoms with E-state index in [1.807, 2.05) is 0 Å². The molecule has 74 valence electrons. The standard InChI is InChI=1S/C4HCl6N3/c5-3(6,7)2-1-11-13(12-2)4(8,9)10/h1H. The minimum Gasteiger partial charge on any atom is -0.157 e. The molecule has 0 aliphatic carbocycles. The van der Waals surface area contributed by atoms with Crippen molar-refractivity contribution in [2.24, 2.45) is 0 Å². The van der Waals surface area contributed by atoms with E-state index in [2.05, 4.69) is 10.2 Å². The Labute approximate surface area is 104 Å². The average Bonchev–Trinajstić information content (AvgIpc) is 2.28. The topological polar surface area (TPSA) is 30.7 Å². The van der Waals surface area contributed by atoms with Gasteiger partial charge in [0.2, 0.25) is 3.79 Å². The highest BCUT2D eigenvalue weighted by atomic mass is 35.6. The van der Waals surface area contributed by atoms with Gasteiger partial charge in [-0.1, -0.05) is 69.6 Å². The maximum Gasteiger partial charge on any atom is 0.303 e. The number of alkyl halides is 6. The molecule has 0 radical (unpaired) electrons. The van der Waals surface area contributed by atoms with Crippen molar-refractivity contribution in [3.05, 3.63) is 11.9 Å². The zero-order chi connectivity index (χ0) is 10.3. The van der Waals surface area contributed by atoms with E-state index >= 15 is 0 Å². The second-order valence-electron chi connectivity index (χ2n) is 1.98. The lowest BCUT2D eigenvalue weighted by atomic mass is 10.5. The van der Waals surface area contributed by atoms with Gasteiger partial charge in [-0.15, -0.1) is 9.90 Å². The lowest BCUT2D eigenvalue weighted by Gasteiger charge is -2.09. The molecule has 0 N–H and O–H groups in total.